The highest BCUT2D eigenvalue weighted by molar-refractivity contribution is 14.0. The molecular formula is C8H18IN. The van der Waals surface area contributed by atoms with Crippen LogP contribution in [0.1, 0.15) is 20.3 Å². The van der Waals surface area contributed by atoms with Gasteiger partial charge in [-0.05, 0) is 34.4 Å². The number of halogens is 1. The molecule has 0 aliphatic heterocycles. The number of allylic oxidation sites excluding steroid dienone is 1. The van der Waals surface area contributed by atoms with Gasteiger partial charge in [0.2, 0.25) is 0 Å². The molecule has 10 heavy (non-hydrogen) atoms. The lowest BCUT2D eigenvalue weighted by atomic mass is 10.3. The van der Waals surface area contributed by atoms with Crippen LogP contribution in [0.5, 0.6) is 0 Å². The third-order valence-corrected chi connectivity index (χ3v) is 1.13. The summed E-state index contributed by atoms with van der Waals surface area (Å²) in [5, 5.41) is 0. The molecule has 0 amide bonds. The highest BCUT2D eigenvalue weighted by Gasteiger charge is 1.84. The number of rotatable bonds is 3. The molecule has 0 saturated heterocycles. The van der Waals surface area contributed by atoms with Crippen molar-refractivity contribution in [1.29, 1.82) is 0 Å². The zero-order valence-corrected chi connectivity index (χ0v) is 9.68. The molecular weight excluding hydrogens is 237 g/mol. The Bertz CT molecular complexity index is 93.4. The van der Waals surface area contributed by atoms with E-state index in [-0.39, 0.29) is 24.0 Å². The molecule has 0 aliphatic rings. The lowest BCUT2D eigenvalue weighted by Gasteiger charge is -2.05. The molecule has 0 aromatic heterocycles. The van der Waals surface area contributed by atoms with Crippen molar-refractivity contribution in [2.24, 2.45) is 0 Å². The van der Waals surface area contributed by atoms with Gasteiger partial charge >= 0.3 is 0 Å². The molecule has 62 valence electrons. The number of hydrogen-bond acceptors (Lipinski definition) is 1. The molecule has 0 saturated carbocycles. The van der Waals surface area contributed by atoms with Crippen molar-refractivity contribution in [3.63, 3.8) is 0 Å². The van der Waals surface area contributed by atoms with Gasteiger partial charge in [-0.15, -0.1) is 24.0 Å². The van der Waals surface area contributed by atoms with Gasteiger partial charge in [-0.25, -0.2) is 0 Å². The van der Waals surface area contributed by atoms with Crippen LogP contribution in [-0.2, 0) is 0 Å². The van der Waals surface area contributed by atoms with E-state index < -0.39 is 0 Å². The summed E-state index contributed by atoms with van der Waals surface area (Å²) in [5.41, 5.74) is 1.41. The SMILES string of the molecule is CC(C)=CCCN(C)C.I. The third kappa shape index (κ3) is 11.3. The van der Waals surface area contributed by atoms with E-state index >= 15 is 0 Å². The summed E-state index contributed by atoms with van der Waals surface area (Å²) in [6.07, 6.45) is 3.44. The van der Waals surface area contributed by atoms with Crippen LogP contribution in [0.2, 0.25) is 0 Å². The fourth-order valence-electron chi connectivity index (χ4n) is 0.611. The van der Waals surface area contributed by atoms with Gasteiger partial charge < -0.3 is 4.90 Å². The molecule has 0 heterocycles. The number of hydrogen-bond donors (Lipinski definition) is 0. The van der Waals surface area contributed by atoms with Crippen molar-refractivity contribution in [3.8, 4) is 0 Å². The Labute approximate surface area is 81.5 Å². The van der Waals surface area contributed by atoms with Crippen LogP contribution < -0.4 is 0 Å². The van der Waals surface area contributed by atoms with Gasteiger partial charge in [0.15, 0.2) is 0 Å². The second-order valence-electron chi connectivity index (χ2n) is 2.87. The van der Waals surface area contributed by atoms with Crippen molar-refractivity contribution in [2.45, 2.75) is 20.3 Å². The lowest BCUT2D eigenvalue weighted by molar-refractivity contribution is 0.417. The van der Waals surface area contributed by atoms with E-state index in [1.807, 2.05) is 0 Å². The largest absolute Gasteiger partial charge is 0.309 e. The molecule has 0 fully saturated rings. The number of nitrogens with zero attached hydrogens (tertiary/aromatic N) is 1. The molecule has 0 unspecified atom stereocenters. The summed E-state index contributed by atoms with van der Waals surface area (Å²) in [4.78, 5) is 2.19. The maximum atomic E-state index is 2.26. The first-order chi connectivity index (χ1) is 4.13. The van der Waals surface area contributed by atoms with Crippen LogP contribution in [0.3, 0.4) is 0 Å². The molecule has 0 N–H and O–H groups in total. The molecule has 1 nitrogen and oxygen atoms in total. The first-order valence-electron chi connectivity index (χ1n) is 3.41. The van der Waals surface area contributed by atoms with E-state index in [0.717, 1.165) is 6.54 Å². The van der Waals surface area contributed by atoms with E-state index in [2.05, 4.69) is 38.9 Å². The maximum Gasteiger partial charge on any atom is 0.000990 e. The molecule has 0 spiro atoms. The van der Waals surface area contributed by atoms with Crippen molar-refractivity contribution >= 4 is 24.0 Å². The molecule has 0 aromatic rings. The minimum absolute atomic E-state index is 0. The Morgan fingerprint density at radius 3 is 2.10 bits per heavy atom. The lowest BCUT2D eigenvalue weighted by Crippen LogP contribution is -2.11. The molecule has 0 aliphatic carbocycles. The molecule has 0 aromatic carbocycles. The van der Waals surface area contributed by atoms with Gasteiger partial charge in [0.05, 0.1) is 0 Å². The minimum Gasteiger partial charge on any atom is -0.309 e. The summed E-state index contributed by atoms with van der Waals surface area (Å²) in [6, 6.07) is 0. The fraction of sp³-hybridized carbons (Fsp3) is 0.750. The first kappa shape index (κ1) is 13.1. The Hall–Kier alpha value is 0.430. The second kappa shape index (κ2) is 7.54. The zero-order chi connectivity index (χ0) is 7.28. The smallest absolute Gasteiger partial charge is 0.000990 e. The summed E-state index contributed by atoms with van der Waals surface area (Å²) in [7, 11) is 4.19. The van der Waals surface area contributed by atoms with E-state index in [4.69, 9.17) is 0 Å². The van der Waals surface area contributed by atoms with Crippen molar-refractivity contribution in [2.75, 3.05) is 20.6 Å². The molecule has 0 rings (SSSR count). The topological polar surface area (TPSA) is 3.24 Å². The Kier molecular flexibility index (Phi) is 9.84. The zero-order valence-electron chi connectivity index (χ0n) is 7.35. The van der Waals surface area contributed by atoms with E-state index in [9.17, 15) is 0 Å². The molecule has 0 atom stereocenters. The van der Waals surface area contributed by atoms with Crippen LogP contribution >= 0.6 is 24.0 Å². The highest BCUT2D eigenvalue weighted by Crippen LogP contribution is 1.92. The Morgan fingerprint density at radius 2 is 1.80 bits per heavy atom. The Morgan fingerprint density at radius 1 is 1.30 bits per heavy atom. The van der Waals surface area contributed by atoms with Crippen LogP contribution in [0.25, 0.3) is 0 Å². The summed E-state index contributed by atoms with van der Waals surface area (Å²) < 4.78 is 0. The second-order valence-corrected chi connectivity index (χ2v) is 2.87. The predicted molar refractivity (Wildman–Crippen MR) is 58.0 cm³/mol. The van der Waals surface area contributed by atoms with Crippen LogP contribution in [0.15, 0.2) is 11.6 Å². The van der Waals surface area contributed by atoms with Crippen molar-refractivity contribution in [3.05, 3.63) is 11.6 Å². The van der Waals surface area contributed by atoms with Gasteiger partial charge in [0.25, 0.3) is 0 Å². The summed E-state index contributed by atoms with van der Waals surface area (Å²) in [5.74, 6) is 0. The quantitative estimate of drug-likeness (QED) is 0.553. The average Bonchev–Trinajstić information content (AvgIpc) is 1.63. The van der Waals surface area contributed by atoms with E-state index in [1.165, 1.54) is 12.0 Å². The third-order valence-electron chi connectivity index (χ3n) is 1.13. The van der Waals surface area contributed by atoms with Gasteiger partial charge in [-0.3, -0.25) is 0 Å². The van der Waals surface area contributed by atoms with Crippen LogP contribution in [0, 0.1) is 0 Å². The van der Waals surface area contributed by atoms with Crippen molar-refractivity contribution in [1.82, 2.24) is 4.90 Å². The van der Waals surface area contributed by atoms with Crippen molar-refractivity contribution < 1.29 is 0 Å². The van der Waals surface area contributed by atoms with E-state index in [1.54, 1.807) is 0 Å². The molecule has 2 heteroatoms. The fourth-order valence-corrected chi connectivity index (χ4v) is 0.611. The maximum absolute atomic E-state index is 2.26. The summed E-state index contributed by atoms with van der Waals surface area (Å²) >= 11 is 0. The minimum atomic E-state index is 0. The van der Waals surface area contributed by atoms with Crippen LogP contribution in [-0.4, -0.2) is 25.5 Å². The van der Waals surface area contributed by atoms with Gasteiger partial charge in [0, 0.05) is 6.54 Å². The van der Waals surface area contributed by atoms with Gasteiger partial charge in [0.1, 0.15) is 0 Å². The van der Waals surface area contributed by atoms with Gasteiger partial charge in [-0.1, -0.05) is 11.6 Å². The monoisotopic (exact) mass is 255 g/mol. The van der Waals surface area contributed by atoms with Gasteiger partial charge in [-0.2, -0.15) is 0 Å². The van der Waals surface area contributed by atoms with Crippen LogP contribution in [0.4, 0.5) is 0 Å². The average molecular weight is 255 g/mol. The predicted octanol–water partition coefficient (Wildman–Crippen LogP) is 2.52. The molecule has 0 bridgehead atoms. The highest BCUT2D eigenvalue weighted by atomic mass is 127. The normalized spacial score (nSPS) is 8.90. The molecule has 0 radical (unpaired) electrons. The first-order valence-corrected chi connectivity index (χ1v) is 3.41. The standard InChI is InChI=1S/C8H17N.HI/c1-8(2)6-5-7-9(3)4;/h6H,5,7H2,1-4H3;1H. The van der Waals surface area contributed by atoms with E-state index in [0.29, 0.717) is 0 Å². The Balaban J connectivity index is 0. The summed E-state index contributed by atoms with van der Waals surface area (Å²) in [6.45, 7) is 5.43.